The van der Waals surface area contributed by atoms with Crippen molar-refractivity contribution in [2.45, 2.75) is 26.7 Å². The summed E-state index contributed by atoms with van der Waals surface area (Å²) in [6, 6.07) is 0. The van der Waals surface area contributed by atoms with Crippen LogP contribution in [0.15, 0.2) is 0 Å². The van der Waals surface area contributed by atoms with Crippen LogP contribution in [0, 0.1) is 0 Å². The maximum atomic E-state index is 3.30. The molecular formula is C7H17INS2-. The second-order valence-electron chi connectivity index (χ2n) is 2.08. The number of hydrogen-bond acceptors (Lipinski definition) is 3. The van der Waals surface area contributed by atoms with Gasteiger partial charge in [0.2, 0.25) is 0 Å². The van der Waals surface area contributed by atoms with Crippen LogP contribution in [0.3, 0.4) is 0 Å². The van der Waals surface area contributed by atoms with Crippen molar-refractivity contribution in [3.05, 3.63) is 0 Å². The van der Waals surface area contributed by atoms with Crippen molar-refractivity contribution in [3.63, 3.8) is 0 Å². The van der Waals surface area contributed by atoms with Gasteiger partial charge in [0.05, 0.1) is 0 Å². The summed E-state index contributed by atoms with van der Waals surface area (Å²) in [7, 11) is 4.08. The van der Waals surface area contributed by atoms with Crippen molar-refractivity contribution in [2.75, 3.05) is 16.8 Å². The first-order chi connectivity index (χ1) is 5.41. The van der Waals surface area contributed by atoms with Crippen LogP contribution in [-0.4, -0.2) is 16.8 Å². The van der Waals surface area contributed by atoms with Gasteiger partial charge in [-0.15, -0.1) is 0 Å². The van der Waals surface area contributed by atoms with Crippen LogP contribution < -0.4 is 25.1 Å². The molecule has 0 aromatic heterocycles. The number of unbranched alkanes of at least 4 members (excludes halogenated alkanes) is 1. The van der Waals surface area contributed by atoms with Crippen molar-refractivity contribution in [1.82, 2.24) is 5.32 Å². The van der Waals surface area contributed by atoms with Crippen molar-refractivity contribution in [3.8, 4) is 0 Å². The van der Waals surface area contributed by atoms with E-state index < -0.39 is 0 Å². The van der Waals surface area contributed by atoms with Gasteiger partial charge in [0.1, 0.15) is 0 Å². The summed E-state index contributed by atoms with van der Waals surface area (Å²) in [4.78, 5) is 0. The van der Waals surface area contributed by atoms with Crippen LogP contribution in [0.2, 0.25) is 0 Å². The van der Waals surface area contributed by atoms with Crippen LogP contribution in [0.4, 0.5) is 0 Å². The summed E-state index contributed by atoms with van der Waals surface area (Å²) in [6.45, 7) is 5.51. The van der Waals surface area contributed by atoms with Gasteiger partial charge in [-0.05, 0) is 0 Å². The monoisotopic (exact) mass is 306 g/mol. The number of hydrogen-bond donors (Lipinski definition) is 1. The molecule has 0 amide bonds. The van der Waals surface area contributed by atoms with Crippen LogP contribution in [0.1, 0.15) is 26.7 Å². The van der Waals surface area contributed by atoms with Gasteiger partial charge in [-0.1, -0.05) is 0 Å². The quantitative estimate of drug-likeness (QED) is 0.218. The molecule has 0 fully saturated rings. The summed E-state index contributed by atoms with van der Waals surface area (Å²) in [5.41, 5.74) is 0. The molecule has 0 unspecified atom stereocenters. The van der Waals surface area contributed by atoms with Gasteiger partial charge in [-0.3, -0.25) is 0 Å². The van der Waals surface area contributed by atoms with Gasteiger partial charge in [-0.2, -0.15) is 0 Å². The van der Waals surface area contributed by atoms with E-state index in [1.807, 2.05) is 10.8 Å². The molecule has 1 nitrogen and oxygen atoms in total. The Morgan fingerprint density at radius 2 is 2.18 bits per heavy atom. The molecule has 0 aliphatic carbocycles. The zero-order valence-electron chi connectivity index (χ0n) is 7.23. The molecule has 0 spiro atoms. The Hall–Kier alpha value is 1.39. The molecule has 0 saturated carbocycles. The van der Waals surface area contributed by atoms with Crippen molar-refractivity contribution in [2.24, 2.45) is 0 Å². The summed E-state index contributed by atoms with van der Waals surface area (Å²) in [6.07, 6.45) is 2.79. The summed E-state index contributed by atoms with van der Waals surface area (Å²) in [5, 5.41) is 3.30. The van der Waals surface area contributed by atoms with Gasteiger partial charge in [0.15, 0.2) is 0 Å². The molecule has 11 heavy (non-hydrogen) atoms. The molecule has 0 radical (unpaired) electrons. The van der Waals surface area contributed by atoms with Gasteiger partial charge < -0.3 is 0 Å². The van der Waals surface area contributed by atoms with Gasteiger partial charge in [0.25, 0.3) is 0 Å². The normalized spacial score (nSPS) is 10.7. The molecule has 0 rings (SSSR count). The predicted molar refractivity (Wildman–Crippen MR) is 53.5 cm³/mol. The Morgan fingerprint density at radius 3 is 2.82 bits per heavy atom. The fourth-order valence-electron chi connectivity index (χ4n) is 0.417. The third-order valence-electron chi connectivity index (χ3n) is 1.06. The third kappa shape index (κ3) is 11.4. The van der Waals surface area contributed by atoms with E-state index in [9.17, 15) is 0 Å². The van der Waals surface area contributed by atoms with E-state index in [0.717, 1.165) is 12.4 Å². The molecule has 0 aromatic rings. The van der Waals surface area contributed by atoms with Crippen molar-refractivity contribution < 1.29 is 19.8 Å². The molecule has 0 aromatic carbocycles. The minimum atomic E-state index is 0.440. The number of rotatable bonds is 8. The van der Waals surface area contributed by atoms with Crippen molar-refractivity contribution in [1.29, 1.82) is 0 Å². The topological polar surface area (TPSA) is 12.0 Å². The fraction of sp³-hybridized carbons (Fsp3) is 1.00. The molecule has 1 N–H and O–H groups in total. The Kier molecular flexibility index (Phi) is 12.8. The molecule has 4 heteroatoms. The van der Waals surface area contributed by atoms with Crippen molar-refractivity contribution >= 4 is 18.8 Å². The van der Waals surface area contributed by atoms with Gasteiger partial charge in [-0.25, -0.2) is 0 Å². The maximum absolute atomic E-state index is 3.30. The molecule has 0 saturated heterocycles. The molecular weight excluding hydrogens is 289 g/mol. The van der Waals surface area contributed by atoms with Crippen LogP contribution in [-0.2, 0) is 0 Å². The molecule has 0 atom stereocenters. The van der Waals surface area contributed by atoms with Crippen LogP contribution in [0.5, 0.6) is 0 Å². The van der Waals surface area contributed by atoms with Gasteiger partial charge in [0, 0.05) is 0 Å². The van der Waals surface area contributed by atoms with E-state index in [4.69, 9.17) is 0 Å². The average Bonchev–Trinajstić information content (AvgIpc) is 2.03. The molecule has 0 bridgehead atoms. The van der Waals surface area contributed by atoms with Crippen LogP contribution >= 0.6 is 18.8 Å². The number of nitrogens with one attached hydrogen (secondary N) is 1. The summed E-state index contributed by atoms with van der Waals surface area (Å²) >= 11 is 0.440. The average molecular weight is 306 g/mol. The molecule has 0 aliphatic rings. The first kappa shape index (κ1) is 12.4. The summed E-state index contributed by atoms with van der Waals surface area (Å²) < 4.78 is 1.49. The Labute approximate surface area is 87.0 Å². The van der Waals surface area contributed by atoms with E-state index in [1.165, 1.54) is 17.3 Å². The van der Waals surface area contributed by atoms with E-state index >= 15 is 0 Å². The predicted octanol–water partition coefficient (Wildman–Crippen LogP) is -0.261. The number of alkyl halides is 1. The zero-order chi connectivity index (χ0) is 8.36. The first-order valence-corrected chi connectivity index (χ1v) is 10.4. The molecule has 70 valence electrons. The Morgan fingerprint density at radius 1 is 1.36 bits per heavy atom. The Bertz CT molecular complexity index is 65.5. The van der Waals surface area contributed by atoms with Crippen LogP contribution in [0.25, 0.3) is 0 Å². The second-order valence-corrected chi connectivity index (χ2v) is 10.2. The number of halogens is 1. The summed E-state index contributed by atoms with van der Waals surface area (Å²) in [5.74, 6) is 1.12. The third-order valence-corrected chi connectivity index (χ3v) is 9.27. The SMILES string of the molecule is CCCC[I-]SSCNCC. The molecule has 0 aliphatic heterocycles. The van der Waals surface area contributed by atoms with E-state index in [0.29, 0.717) is 19.8 Å². The van der Waals surface area contributed by atoms with E-state index in [2.05, 4.69) is 27.1 Å². The zero-order valence-corrected chi connectivity index (χ0v) is 11.0. The Balaban J connectivity index is 2.69. The minimum absolute atomic E-state index is 0.440. The van der Waals surface area contributed by atoms with E-state index in [1.54, 1.807) is 0 Å². The first-order valence-electron chi connectivity index (χ1n) is 4.00. The van der Waals surface area contributed by atoms with E-state index in [-0.39, 0.29) is 0 Å². The second kappa shape index (κ2) is 11.4. The molecule has 0 heterocycles. The standard InChI is InChI=1S/C7H17INS2/c1-3-5-6-8-11-10-7-9-4-2/h9H,3-7H2,1-2H3/q-1. The van der Waals surface area contributed by atoms with Gasteiger partial charge >= 0.3 is 87.4 Å². The fourth-order valence-corrected chi connectivity index (χ4v) is 7.82.